The van der Waals surface area contributed by atoms with Gasteiger partial charge in [0.15, 0.2) is 0 Å². The normalized spacial score (nSPS) is 12.4. The Morgan fingerprint density at radius 1 is 0.229 bits per heavy atom. The number of unbranched alkanes of at least 4 members (excludes halogenated alkanes) is 24. The summed E-state index contributed by atoms with van der Waals surface area (Å²) >= 11 is 0. The maximum Gasteiger partial charge on any atom is 0.0272 e. The van der Waals surface area contributed by atoms with E-state index in [0.29, 0.717) is 9.49 Å². The molecule has 290 valence electrons. The van der Waals surface area contributed by atoms with Crippen molar-refractivity contribution >= 4 is 41.2 Å². The third-order valence-electron chi connectivity index (χ3n) is 10.9. The summed E-state index contributed by atoms with van der Waals surface area (Å²) in [5.41, 5.74) is 0. The fraction of sp³-hybridized carbons (Fsp3) is 1.00. The summed E-state index contributed by atoms with van der Waals surface area (Å²) in [6, 6.07) is 0. The van der Waals surface area contributed by atoms with E-state index in [4.69, 9.17) is 0 Å². The minimum Gasteiger partial charge on any atom is -0.0749 e. The first-order valence-corrected chi connectivity index (χ1v) is 27.1. The highest BCUT2D eigenvalue weighted by molar-refractivity contribution is 9.26. The zero-order chi connectivity index (χ0) is 35.3. The van der Waals surface area contributed by atoms with Crippen molar-refractivity contribution in [2.24, 2.45) is 0 Å². The van der Waals surface area contributed by atoms with E-state index >= 15 is 0 Å². The average Bonchev–Trinajstić information content (AvgIpc) is 3.10. The van der Waals surface area contributed by atoms with E-state index in [9.17, 15) is 0 Å². The molecular formula is C44H90S4. The predicted octanol–water partition coefficient (Wildman–Crippen LogP) is 19.3. The minimum absolute atomic E-state index is 0.493. The highest BCUT2D eigenvalue weighted by atomic mass is 33.7. The van der Waals surface area contributed by atoms with E-state index in [1.54, 1.807) is 0 Å². The van der Waals surface area contributed by atoms with Gasteiger partial charge in [0, 0.05) is 9.49 Å². The van der Waals surface area contributed by atoms with E-state index < -0.39 is 0 Å². The van der Waals surface area contributed by atoms with Crippen molar-refractivity contribution in [1.29, 1.82) is 0 Å². The molecule has 0 rings (SSSR count). The maximum atomic E-state index is 2.37. The van der Waals surface area contributed by atoms with E-state index in [0.717, 1.165) is 0 Å². The van der Waals surface area contributed by atoms with Gasteiger partial charge in [-0.05, 0) is 58.2 Å². The van der Waals surface area contributed by atoms with Crippen molar-refractivity contribution < 1.29 is 0 Å². The zero-order valence-corrected chi connectivity index (χ0v) is 37.4. The van der Waals surface area contributed by atoms with E-state index in [2.05, 4.69) is 82.8 Å². The molecule has 0 amide bonds. The van der Waals surface area contributed by atoms with Gasteiger partial charge < -0.3 is 0 Å². The molecular weight excluding hydrogens is 657 g/mol. The van der Waals surface area contributed by atoms with Crippen LogP contribution in [0.4, 0.5) is 0 Å². The molecule has 0 saturated heterocycles. The molecule has 0 aliphatic carbocycles. The van der Waals surface area contributed by atoms with Crippen LogP contribution < -0.4 is 0 Å². The fourth-order valence-electron chi connectivity index (χ4n) is 7.48. The average molecular weight is 747 g/mol. The van der Waals surface area contributed by atoms with Crippen LogP contribution >= 0.6 is 41.2 Å². The number of rotatable bonds is 41. The standard InChI is InChI=1S/C44H90S4/c1-7-13-19-25-27-29-35-41-43(37-31-21-15-9-3,38-32-22-16-10-4)45-47-48-46-44(39-33-23-17-11-5,40-34-24-18-12-6)42-36-30-28-26-20-14-8-2/h7-42H2,1-6H3. The Kier molecular flexibility index (Phi) is 39.2. The molecule has 0 atom stereocenters. The molecule has 0 aromatic heterocycles. The second-order valence-corrected chi connectivity index (χ2v) is 22.3. The summed E-state index contributed by atoms with van der Waals surface area (Å²) in [5, 5.41) is 0. The van der Waals surface area contributed by atoms with Gasteiger partial charge in [0.05, 0.1) is 0 Å². The lowest BCUT2D eigenvalue weighted by molar-refractivity contribution is 0.407. The molecule has 0 aliphatic heterocycles. The van der Waals surface area contributed by atoms with Crippen LogP contribution in [0, 0.1) is 0 Å². The molecule has 0 aromatic carbocycles. The smallest absolute Gasteiger partial charge is 0.0272 e. The van der Waals surface area contributed by atoms with Gasteiger partial charge in [-0.25, -0.2) is 0 Å². The molecule has 0 nitrogen and oxygen atoms in total. The van der Waals surface area contributed by atoms with Gasteiger partial charge in [0.1, 0.15) is 0 Å². The van der Waals surface area contributed by atoms with Crippen LogP contribution in [0.5, 0.6) is 0 Å². The van der Waals surface area contributed by atoms with Crippen LogP contribution in [0.3, 0.4) is 0 Å². The van der Waals surface area contributed by atoms with Gasteiger partial charge >= 0.3 is 0 Å². The molecule has 0 fully saturated rings. The Balaban J connectivity index is 5.61. The molecule has 48 heavy (non-hydrogen) atoms. The fourth-order valence-corrected chi connectivity index (χ4v) is 16.3. The molecule has 0 saturated carbocycles. The van der Waals surface area contributed by atoms with Crippen molar-refractivity contribution in [3.05, 3.63) is 0 Å². The van der Waals surface area contributed by atoms with Crippen LogP contribution in [0.1, 0.15) is 273 Å². The van der Waals surface area contributed by atoms with Gasteiger partial charge in [-0.3, -0.25) is 0 Å². The third kappa shape index (κ3) is 29.9. The molecule has 0 heterocycles. The summed E-state index contributed by atoms with van der Waals surface area (Å²) in [6.45, 7) is 14.2. The van der Waals surface area contributed by atoms with Crippen molar-refractivity contribution in [2.75, 3.05) is 0 Å². The molecule has 0 spiro atoms. The van der Waals surface area contributed by atoms with Crippen LogP contribution in [0.15, 0.2) is 0 Å². The lowest BCUT2D eigenvalue weighted by atomic mass is 9.88. The molecule has 0 N–H and O–H groups in total. The second-order valence-electron chi connectivity index (χ2n) is 15.7. The molecule has 0 radical (unpaired) electrons. The maximum absolute atomic E-state index is 2.37. The summed E-state index contributed by atoms with van der Waals surface area (Å²) in [7, 11) is 9.17. The van der Waals surface area contributed by atoms with Gasteiger partial charge in [0.2, 0.25) is 0 Å². The molecule has 0 bridgehead atoms. The molecule has 0 aliphatic rings. The Bertz CT molecular complexity index is 533. The molecule has 0 unspecified atom stereocenters. The Morgan fingerprint density at radius 3 is 0.604 bits per heavy atom. The van der Waals surface area contributed by atoms with Gasteiger partial charge in [-0.15, -0.1) is 0 Å². The van der Waals surface area contributed by atoms with Crippen LogP contribution in [0.2, 0.25) is 0 Å². The first-order chi connectivity index (χ1) is 23.6. The largest absolute Gasteiger partial charge is 0.0749 e. The summed E-state index contributed by atoms with van der Waals surface area (Å²) < 4.78 is 0.985. The lowest BCUT2D eigenvalue weighted by Gasteiger charge is -2.35. The van der Waals surface area contributed by atoms with Crippen LogP contribution in [-0.4, -0.2) is 9.49 Å². The molecule has 4 heteroatoms. The highest BCUT2D eigenvalue weighted by Gasteiger charge is 2.33. The Morgan fingerprint density at radius 2 is 0.396 bits per heavy atom. The van der Waals surface area contributed by atoms with Crippen molar-refractivity contribution in [2.45, 2.75) is 282 Å². The summed E-state index contributed by atoms with van der Waals surface area (Å²) in [5.74, 6) is 0. The first kappa shape index (κ1) is 49.4. The summed E-state index contributed by atoms with van der Waals surface area (Å²) in [4.78, 5) is 0. The first-order valence-electron chi connectivity index (χ1n) is 22.3. The topological polar surface area (TPSA) is 0 Å². The van der Waals surface area contributed by atoms with Crippen LogP contribution in [-0.2, 0) is 0 Å². The van der Waals surface area contributed by atoms with Crippen molar-refractivity contribution in [3.8, 4) is 0 Å². The van der Waals surface area contributed by atoms with Gasteiger partial charge in [0.25, 0.3) is 0 Å². The second kappa shape index (κ2) is 38.1. The SMILES string of the molecule is CCCCCCCCCC(CCCCCC)(CCCCCC)SSSSC(CCCCCC)(CCCCCC)CCCCCCCCC. The lowest BCUT2D eigenvalue weighted by Crippen LogP contribution is -2.25. The zero-order valence-electron chi connectivity index (χ0n) is 34.1. The van der Waals surface area contributed by atoms with E-state index in [-0.39, 0.29) is 0 Å². The van der Waals surface area contributed by atoms with Crippen LogP contribution in [0.25, 0.3) is 0 Å². The van der Waals surface area contributed by atoms with E-state index in [1.165, 1.54) is 231 Å². The number of hydrogen-bond acceptors (Lipinski definition) is 4. The summed E-state index contributed by atoms with van der Waals surface area (Å²) in [6.07, 6.45) is 51.5. The van der Waals surface area contributed by atoms with Gasteiger partial charge in [-0.1, -0.05) is 256 Å². The number of hydrogen-bond donors (Lipinski definition) is 0. The quantitative estimate of drug-likeness (QED) is 0.0451. The Hall–Kier alpha value is 1.40. The Labute approximate surface area is 321 Å². The van der Waals surface area contributed by atoms with Crippen molar-refractivity contribution in [3.63, 3.8) is 0 Å². The van der Waals surface area contributed by atoms with Gasteiger partial charge in [-0.2, -0.15) is 0 Å². The monoisotopic (exact) mass is 747 g/mol. The third-order valence-corrected chi connectivity index (χ3v) is 18.9. The predicted molar refractivity (Wildman–Crippen MR) is 236 cm³/mol. The molecule has 0 aromatic rings. The minimum atomic E-state index is 0.493. The van der Waals surface area contributed by atoms with E-state index in [1.807, 2.05) is 0 Å². The highest BCUT2D eigenvalue weighted by Crippen LogP contribution is 2.58. The van der Waals surface area contributed by atoms with Crippen molar-refractivity contribution in [1.82, 2.24) is 0 Å².